The maximum absolute atomic E-state index is 12.6. The van der Waals surface area contributed by atoms with Gasteiger partial charge in [0.05, 0.1) is 11.3 Å². The summed E-state index contributed by atoms with van der Waals surface area (Å²) in [4.78, 5) is 18.0. The quantitative estimate of drug-likeness (QED) is 0.710. The van der Waals surface area contributed by atoms with Crippen LogP contribution in [-0.4, -0.2) is 10.9 Å². The SMILES string of the molecule is Cc1cccc(COc2ccccc2C(=O)Nc2nc(C)c(C)s2)c1. The molecular formula is C20H20N2O2S. The first-order valence-electron chi connectivity index (χ1n) is 8.05. The Balaban J connectivity index is 1.74. The van der Waals surface area contributed by atoms with Gasteiger partial charge in [0.1, 0.15) is 12.4 Å². The molecule has 1 amide bonds. The van der Waals surface area contributed by atoms with E-state index in [0.717, 1.165) is 16.1 Å². The highest BCUT2D eigenvalue weighted by Crippen LogP contribution is 2.24. The van der Waals surface area contributed by atoms with E-state index in [2.05, 4.69) is 16.4 Å². The van der Waals surface area contributed by atoms with Crippen molar-refractivity contribution < 1.29 is 9.53 Å². The summed E-state index contributed by atoms with van der Waals surface area (Å²) in [5, 5.41) is 3.46. The molecule has 3 aromatic rings. The molecule has 0 radical (unpaired) electrons. The Morgan fingerprint density at radius 3 is 2.64 bits per heavy atom. The van der Waals surface area contributed by atoms with E-state index in [1.54, 1.807) is 6.07 Å². The summed E-state index contributed by atoms with van der Waals surface area (Å²) in [6, 6.07) is 15.4. The molecule has 2 aromatic carbocycles. The van der Waals surface area contributed by atoms with Gasteiger partial charge in [-0.05, 0) is 38.5 Å². The minimum atomic E-state index is -0.214. The van der Waals surface area contributed by atoms with Crippen molar-refractivity contribution in [2.24, 2.45) is 0 Å². The smallest absolute Gasteiger partial charge is 0.261 e. The Bertz CT molecular complexity index is 883. The average molecular weight is 352 g/mol. The Kier molecular flexibility index (Phi) is 5.14. The summed E-state index contributed by atoms with van der Waals surface area (Å²) in [5.41, 5.74) is 3.69. The predicted molar refractivity (Wildman–Crippen MR) is 101 cm³/mol. The molecule has 1 heterocycles. The molecule has 0 aliphatic rings. The van der Waals surface area contributed by atoms with Crippen LogP contribution in [-0.2, 0) is 6.61 Å². The number of rotatable bonds is 5. The van der Waals surface area contributed by atoms with Gasteiger partial charge in [-0.2, -0.15) is 0 Å². The fourth-order valence-electron chi connectivity index (χ4n) is 2.43. The lowest BCUT2D eigenvalue weighted by Gasteiger charge is -2.11. The van der Waals surface area contributed by atoms with E-state index in [1.807, 2.05) is 57.2 Å². The second-order valence-electron chi connectivity index (χ2n) is 5.89. The van der Waals surface area contributed by atoms with E-state index in [0.29, 0.717) is 23.1 Å². The molecule has 0 spiro atoms. The maximum Gasteiger partial charge on any atom is 0.261 e. The molecule has 3 rings (SSSR count). The van der Waals surface area contributed by atoms with Crippen LogP contribution >= 0.6 is 11.3 Å². The molecule has 0 aliphatic carbocycles. The van der Waals surface area contributed by atoms with Crippen molar-refractivity contribution in [2.75, 3.05) is 5.32 Å². The zero-order valence-electron chi connectivity index (χ0n) is 14.5. The molecule has 5 heteroatoms. The van der Waals surface area contributed by atoms with Gasteiger partial charge < -0.3 is 4.74 Å². The standard InChI is InChI=1S/C20H20N2O2S/c1-13-7-6-8-16(11-13)12-24-18-10-5-4-9-17(18)19(23)22-20-21-14(2)15(3)25-20/h4-11H,12H2,1-3H3,(H,21,22,23). The molecule has 0 saturated carbocycles. The Hall–Kier alpha value is -2.66. The molecule has 0 atom stereocenters. The predicted octanol–water partition coefficient (Wildman–Crippen LogP) is 4.90. The molecule has 0 bridgehead atoms. The Labute approximate surface area is 151 Å². The number of para-hydroxylation sites is 1. The fraction of sp³-hybridized carbons (Fsp3) is 0.200. The molecule has 128 valence electrons. The van der Waals surface area contributed by atoms with Crippen LogP contribution in [0.2, 0.25) is 0 Å². The number of thiazole rings is 1. The second-order valence-corrected chi connectivity index (χ2v) is 7.09. The molecule has 1 aromatic heterocycles. The molecule has 0 aliphatic heterocycles. The number of carbonyl (C=O) groups excluding carboxylic acids is 1. The first-order chi connectivity index (χ1) is 12.0. The number of hydrogen-bond donors (Lipinski definition) is 1. The van der Waals surface area contributed by atoms with E-state index in [1.165, 1.54) is 16.9 Å². The summed E-state index contributed by atoms with van der Waals surface area (Å²) >= 11 is 1.47. The normalized spacial score (nSPS) is 10.5. The van der Waals surface area contributed by atoms with E-state index in [4.69, 9.17) is 4.74 Å². The third kappa shape index (κ3) is 4.25. The third-order valence-electron chi connectivity index (χ3n) is 3.86. The summed E-state index contributed by atoms with van der Waals surface area (Å²) < 4.78 is 5.89. The minimum Gasteiger partial charge on any atom is -0.488 e. The van der Waals surface area contributed by atoms with Crippen LogP contribution in [0.5, 0.6) is 5.75 Å². The van der Waals surface area contributed by atoms with Crippen molar-refractivity contribution >= 4 is 22.4 Å². The van der Waals surface area contributed by atoms with Gasteiger partial charge in [-0.15, -0.1) is 11.3 Å². The van der Waals surface area contributed by atoms with Gasteiger partial charge in [-0.1, -0.05) is 42.0 Å². The van der Waals surface area contributed by atoms with Crippen LogP contribution in [0.25, 0.3) is 0 Å². The zero-order chi connectivity index (χ0) is 17.8. The third-order valence-corrected chi connectivity index (χ3v) is 4.85. The van der Waals surface area contributed by atoms with Gasteiger partial charge in [0.25, 0.3) is 5.91 Å². The number of aromatic nitrogens is 1. The zero-order valence-corrected chi connectivity index (χ0v) is 15.3. The average Bonchev–Trinajstić information content (AvgIpc) is 2.91. The van der Waals surface area contributed by atoms with Gasteiger partial charge in [0.2, 0.25) is 0 Å². The lowest BCUT2D eigenvalue weighted by atomic mass is 10.1. The van der Waals surface area contributed by atoms with Crippen molar-refractivity contribution in [3.63, 3.8) is 0 Å². The summed E-state index contributed by atoms with van der Waals surface area (Å²) in [6.07, 6.45) is 0. The van der Waals surface area contributed by atoms with Gasteiger partial charge in [0, 0.05) is 4.88 Å². The van der Waals surface area contributed by atoms with E-state index in [-0.39, 0.29) is 5.91 Å². The monoisotopic (exact) mass is 352 g/mol. The molecule has 0 unspecified atom stereocenters. The van der Waals surface area contributed by atoms with Crippen molar-refractivity contribution in [1.82, 2.24) is 4.98 Å². The number of hydrogen-bond acceptors (Lipinski definition) is 4. The summed E-state index contributed by atoms with van der Waals surface area (Å²) in [6.45, 7) is 6.38. The largest absolute Gasteiger partial charge is 0.488 e. The number of ether oxygens (including phenoxy) is 1. The topological polar surface area (TPSA) is 51.2 Å². The van der Waals surface area contributed by atoms with Crippen LogP contribution in [0.1, 0.15) is 32.1 Å². The van der Waals surface area contributed by atoms with Crippen molar-refractivity contribution in [3.8, 4) is 5.75 Å². The number of aryl methyl sites for hydroxylation is 3. The number of carbonyl (C=O) groups is 1. The number of nitrogens with one attached hydrogen (secondary N) is 1. The van der Waals surface area contributed by atoms with Crippen molar-refractivity contribution in [1.29, 1.82) is 0 Å². The van der Waals surface area contributed by atoms with Gasteiger partial charge >= 0.3 is 0 Å². The fourth-order valence-corrected chi connectivity index (χ4v) is 3.24. The highest BCUT2D eigenvalue weighted by Gasteiger charge is 2.14. The van der Waals surface area contributed by atoms with E-state index >= 15 is 0 Å². The van der Waals surface area contributed by atoms with E-state index in [9.17, 15) is 4.79 Å². The van der Waals surface area contributed by atoms with Crippen LogP contribution in [0.15, 0.2) is 48.5 Å². The molecule has 4 nitrogen and oxygen atoms in total. The van der Waals surface area contributed by atoms with Crippen LogP contribution in [0.3, 0.4) is 0 Å². The van der Waals surface area contributed by atoms with E-state index < -0.39 is 0 Å². The number of anilines is 1. The van der Waals surface area contributed by atoms with Gasteiger partial charge in [0.15, 0.2) is 5.13 Å². The van der Waals surface area contributed by atoms with Crippen molar-refractivity contribution in [3.05, 3.63) is 75.8 Å². The lowest BCUT2D eigenvalue weighted by Crippen LogP contribution is -2.13. The Morgan fingerprint density at radius 1 is 1.12 bits per heavy atom. The molecule has 25 heavy (non-hydrogen) atoms. The molecular weight excluding hydrogens is 332 g/mol. The lowest BCUT2D eigenvalue weighted by molar-refractivity contribution is 0.102. The highest BCUT2D eigenvalue weighted by atomic mass is 32.1. The highest BCUT2D eigenvalue weighted by molar-refractivity contribution is 7.15. The number of nitrogens with zero attached hydrogens (tertiary/aromatic N) is 1. The maximum atomic E-state index is 12.6. The molecule has 0 saturated heterocycles. The second kappa shape index (κ2) is 7.49. The Morgan fingerprint density at radius 2 is 1.92 bits per heavy atom. The number of benzene rings is 2. The molecule has 0 fully saturated rings. The molecule has 1 N–H and O–H groups in total. The van der Waals surface area contributed by atoms with Crippen molar-refractivity contribution in [2.45, 2.75) is 27.4 Å². The van der Waals surface area contributed by atoms with Crippen LogP contribution in [0.4, 0.5) is 5.13 Å². The minimum absolute atomic E-state index is 0.214. The number of amides is 1. The summed E-state index contributed by atoms with van der Waals surface area (Å²) in [5.74, 6) is 0.347. The summed E-state index contributed by atoms with van der Waals surface area (Å²) in [7, 11) is 0. The first-order valence-corrected chi connectivity index (χ1v) is 8.87. The van der Waals surface area contributed by atoms with Gasteiger partial charge in [-0.25, -0.2) is 4.98 Å². The van der Waals surface area contributed by atoms with Crippen LogP contribution in [0, 0.1) is 20.8 Å². The first kappa shape index (κ1) is 17.2. The van der Waals surface area contributed by atoms with Gasteiger partial charge in [-0.3, -0.25) is 10.1 Å². The van der Waals surface area contributed by atoms with Crippen LogP contribution < -0.4 is 10.1 Å².